The number of carbonyl (C=O) groups excluding carboxylic acids is 3. The molecule has 2 aromatic carbocycles. The Kier molecular flexibility index (Phi) is 10.2. The number of ether oxygens (including phenoxy) is 2. The minimum absolute atomic E-state index is 0.00345. The van der Waals surface area contributed by atoms with Gasteiger partial charge in [-0.1, -0.05) is 18.2 Å². The van der Waals surface area contributed by atoms with E-state index in [9.17, 15) is 19.6 Å². The number of nitrogens with zero attached hydrogens (tertiary/aromatic N) is 1. The van der Waals surface area contributed by atoms with Gasteiger partial charge in [-0.15, -0.1) is 0 Å². The number of nitriles is 1. The lowest BCUT2D eigenvalue weighted by atomic mass is 10.3. The minimum Gasteiger partial charge on any atom is -0.494 e. The maximum atomic E-state index is 12.5. The van der Waals surface area contributed by atoms with Crippen LogP contribution in [-0.2, 0) is 19.1 Å². The normalized spacial score (nSPS) is 11.2. The van der Waals surface area contributed by atoms with Gasteiger partial charge in [-0.3, -0.25) is 9.59 Å². The van der Waals surface area contributed by atoms with Gasteiger partial charge in [0.2, 0.25) is 11.0 Å². The molecule has 170 valence electrons. The summed E-state index contributed by atoms with van der Waals surface area (Å²) < 4.78 is 10.3. The summed E-state index contributed by atoms with van der Waals surface area (Å²) in [5, 5.41) is 14.4. The van der Waals surface area contributed by atoms with Gasteiger partial charge >= 0.3 is 5.97 Å². The Hall–Kier alpha value is -4.03. The van der Waals surface area contributed by atoms with Crippen LogP contribution in [0.15, 0.2) is 77.4 Å². The Bertz CT molecular complexity index is 1070. The smallest absolute Gasteiger partial charge is 0.351 e. The van der Waals surface area contributed by atoms with Gasteiger partial charge in [0, 0.05) is 17.5 Å². The molecule has 2 aromatic rings. The van der Waals surface area contributed by atoms with Gasteiger partial charge in [0.15, 0.2) is 5.57 Å². The molecule has 0 heterocycles. The molecule has 2 N–H and O–H groups in total. The molecule has 1 amide bonds. The summed E-state index contributed by atoms with van der Waals surface area (Å²) in [5.41, 5.74) is 0.766. The number of nitrogens with one attached hydrogen (secondary N) is 2. The van der Waals surface area contributed by atoms with E-state index < -0.39 is 17.0 Å². The first-order valence-electron chi connectivity index (χ1n) is 10.0. The number of hydrogen-bond acceptors (Lipinski definition) is 8. The lowest BCUT2D eigenvalue weighted by Crippen LogP contribution is -2.13. The van der Waals surface area contributed by atoms with Crippen molar-refractivity contribution in [3.63, 3.8) is 0 Å². The summed E-state index contributed by atoms with van der Waals surface area (Å²) >= 11 is 0.605. The van der Waals surface area contributed by atoms with Crippen LogP contribution in [0.1, 0.15) is 13.8 Å². The van der Waals surface area contributed by atoms with E-state index in [1.165, 1.54) is 0 Å². The highest BCUT2D eigenvalue weighted by Gasteiger charge is 2.20. The van der Waals surface area contributed by atoms with E-state index in [-0.39, 0.29) is 17.2 Å². The third-order valence-electron chi connectivity index (χ3n) is 3.86. The number of thioether (sulfide) groups is 1. The molecular formula is C24H23N3O5S. The van der Waals surface area contributed by atoms with E-state index in [2.05, 4.69) is 10.6 Å². The molecule has 0 aliphatic carbocycles. The van der Waals surface area contributed by atoms with Crippen molar-refractivity contribution in [3.05, 3.63) is 77.4 Å². The first-order valence-corrected chi connectivity index (χ1v) is 10.9. The Labute approximate surface area is 196 Å². The summed E-state index contributed by atoms with van der Waals surface area (Å²) in [6.07, 6.45) is 2.13. The zero-order valence-electron chi connectivity index (χ0n) is 18.2. The molecule has 0 atom stereocenters. The number of hydrogen-bond donors (Lipinski definition) is 2. The van der Waals surface area contributed by atoms with Crippen LogP contribution >= 0.6 is 11.8 Å². The van der Waals surface area contributed by atoms with Gasteiger partial charge in [-0.2, -0.15) is 5.26 Å². The molecule has 0 fully saturated rings. The number of rotatable bonds is 10. The predicted molar refractivity (Wildman–Crippen MR) is 127 cm³/mol. The summed E-state index contributed by atoms with van der Waals surface area (Å²) in [4.78, 5) is 36.8. The van der Waals surface area contributed by atoms with Gasteiger partial charge in [0.1, 0.15) is 16.8 Å². The van der Waals surface area contributed by atoms with Crippen molar-refractivity contribution in [1.29, 1.82) is 5.26 Å². The molecule has 0 aliphatic heterocycles. The van der Waals surface area contributed by atoms with Crippen molar-refractivity contribution in [2.45, 2.75) is 13.8 Å². The molecule has 0 bridgehead atoms. The number of anilines is 2. The number of para-hydroxylation sites is 1. The maximum absolute atomic E-state index is 12.5. The lowest BCUT2D eigenvalue weighted by Gasteiger charge is -2.11. The van der Waals surface area contributed by atoms with Crippen molar-refractivity contribution >= 4 is 40.1 Å². The molecule has 2 rings (SSSR count). The molecule has 0 spiro atoms. The molecule has 0 unspecified atom stereocenters. The first-order chi connectivity index (χ1) is 16.0. The third kappa shape index (κ3) is 8.55. The third-order valence-corrected chi connectivity index (χ3v) is 4.70. The Morgan fingerprint density at radius 2 is 1.61 bits per heavy atom. The minimum atomic E-state index is -0.851. The largest absolute Gasteiger partial charge is 0.494 e. The van der Waals surface area contributed by atoms with Crippen molar-refractivity contribution in [3.8, 4) is 11.8 Å². The second-order valence-electron chi connectivity index (χ2n) is 6.23. The summed E-state index contributed by atoms with van der Waals surface area (Å²) in [6.45, 7) is 4.10. The van der Waals surface area contributed by atoms with Gasteiger partial charge < -0.3 is 20.1 Å². The van der Waals surface area contributed by atoms with Gasteiger partial charge in [0.05, 0.1) is 13.2 Å². The quantitative estimate of drug-likeness (QED) is 0.304. The topological polar surface area (TPSA) is 118 Å². The fraction of sp³-hybridized carbons (Fsp3) is 0.167. The van der Waals surface area contributed by atoms with Crippen LogP contribution in [0, 0.1) is 11.3 Å². The zero-order chi connectivity index (χ0) is 24.1. The average molecular weight is 466 g/mol. The van der Waals surface area contributed by atoms with Crippen LogP contribution in [0.25, 0.3) is 0 Å². The highest BCUT2D eigenvalue weighted by atomic mass is 32.2. The molecule has 33 heavy (non-hydrogen) atoms. The SMILES string of the molecule is CCOC(=O)/C(C#N)=C(/Nc1ccccc1)SC(=O)/C=C/C(=O)Nc1ccc(OCC)cc1. The molecule has 9 heteroatoms. The predicted octanol–water partition coefficient (Wildman–Crippen LogP) is 4.25. The molecule has 0 saturated heterocycles. The van der Waals surface area contributed by atoms with Crippen LogP contribution in [0.3, 0.4) is 0 Å². The Morgan fingerprint density at radius 3 is 2.21 bits per heavy atom. The van der Waals surface area contributed by atoms with E-state index in [1.54, 1.807) is 67.6 Å². The molecule has 0 radical (unpaired) electrons. The highest BCUT2D eigenvalue weighted by Crippen LogP contribution is 2.25. The molecule has 0 aromatic heterocycles. The van der Waals surface area contributed by atoms with Crippen LogP contribution in [0.5, 0.6) is 5.75 Å². The van der Waals surface area contributed by atoms with Crippen molar-refractivity contribution < 1.29 is 23.9 Å². The van der Waals surface area contributed by atoms with E-state index in [0.717, 1.165) is 12.2 Å². The number of benzene rings is 2. The average Bonchev–Trinajstić information content (AvgIpc) is 2.80. The summed E-state index contributed by atoms with van der Waals surface area (Å²) in [7, 11) is 0. The number of esters is 1. The van der Waals surface area contributed by atoms with Crippen molar-refractivity contribution in [1.82, 2.24) is 0 Å². The number of amides is 1. The fourth-order valence-electron chi connectivity index (χ4n) is 2.45. The second kappa shape index (κ2) is 13.4. The van der Waals surface area contributed by atoms with Crippen LogP contribution in [-0.4, -0.2) is 30.2 Å². The van der Waals surface area contributed by atoms with Gasteiger partial charge in [0.25, 0.3) is 0 Å². The zero-order valence-corrected chi connectivity index (χ0v) is 19.0. The van der Waals surface area contributed by atoms with E-state index in [0.29, 0.717) is 35.5 Å². The Morgan fingerprint density at radius 1 is 0.939 bits per heavy atom. The maximum Gasteiger partial charge on any atom is 0.351 e. The summed E-state index contributed by atoms with van der Waals surface area (Å²) in [6, 6.07) is 17.3. The molecular weight excluding hydrogens is 442 g/mol. The molecule has 0 saturated carbocycles. The van der Waals surface area contributed by atoms with Crippen LogP contribution in [0.4, 0.5) is 11.4 Å². The second-order valence-corrected chi connectivity index (χ2v) is 7.24. The van der Waals surface area contributed by atoms with Gasteiger partial charge in [-0.05, 0) is 68.1 Å². The molecule has 8 nitrogen and oxygen atoms in total. The van der Waals surface area contributed by atoms with E-state index in [1.807, 2.05) is 6.92 Å². The lowest BCUT2D eigenvalue weighted by molar-refractivity contribution is -0.138. The molecule has 0 aliphatic rings. The van der Waals surface area contributed by atoms with E-state index in [4.69, 9.17) is 9.47 Å². The standard InChI is InChI=1S/C24H23N3O5S/c1-3-31-19-12-10-18(11-13-19)26-21(28)14-15-22(29)33-23(20(16-25)24(30)32-4-2)27-17-8-6-5-7-9-17/h5-15,27H,3-4H2,1-2H3,(H,26,28)/b15-14+,23-20-. The number of carbonyl (C=O) groups is 3. The fourth-order valence-corrected chi connectivity index (χ4v) is 3.18. The monoisotopic (exact) mass is 465 g/mol. The van der Waals surface area contributed by atoms with E-state index >= 15 is 0 Å². The Balaban J connectivity index is 2.11. The van der Waals surface area contributed by atoms with Crippen molar-refractivity contribution in [2.75, 3.05) is 23.8 Å². The van der Waals surface area contributed by atoms with Crippen LogP contribution < -0.4 is 15.4 Å². The van der Waals surface area contributed by atoms with Crippen LogP contribution in [0.2, 0.25) is 0 Å². The first kappa shape index (κ1) is 25.2. The van der Waals surface area contributed by atoms with Gasteiger partial charge in [-0.25, -0.2) is 4.79 Å². The summed E-state index contributed by atoms with van der Waals surface area (Å²) in [5.74, 6) is -0.686. The highest BCUT2D eigenvalue weighted by molar-refractivity contribution is 8.17. The van der Waals surface area contributed by atoms with Crippen molar-refractivity contribution in [2.24, 2.45) is 0 Å².